The molecule has 27 heavy (non-hydrogen) atoms. The predicted molar refractivity (Wildman–Crippen MR) is 101 cm³/mol. The molecule has 3 N–H and O–H groups in total. The maximum atomic E-state index is 12.4. The molecular formula is C19H26N4O4. The molecule has 0 aromatic heterocycles. The molecule has 0 spiro atoms. The number of nitrogens with one attached hydrogen (secondary N) is 1. The molecule has 2 amide bonds. The third-order valence-corrected chi connectivity index (χ3v) is 5.53. The summed E-state index contributed by atoms with van der Waals surface area (Å²) >= 11 is 0. The highest BCUT2D eigenvalue weighted by Gasteiger charge is 2.47. The smallest absolute Gasteiger partial charge is 0.415 e. The van der Waals surface area contributed by atoms with Crippen LogP contribution in [0.5, 0.6) is 0 Å². The normalized spacial score (nSPS) is 26.6. The zero-order valence-corrected chi connectivity index (χ0v) is 15.5. The first-order valence-electron chi connectivity index (χ1n) is 9.50. The van der Waals surface area contributed by atoms with Gasteiger partial charge in [0.2, 0.25) is 5.91 Å². The van der Waals surface area contributed by atoms with Crippen LogP contribution in [0.25, 0.3) is 0 Å². The van der Waals surface area contributed by atoms with E-state index in [1.54, 1.807) is 4.90 Å². The molecule has 3 atom stereocenters. The lowest BCUT2D eigenvalue weighted by molar-refractivity contribution is -0.119. The zero-order valence-electron chi connectivity index (χ0n) is 15.5. The van der Waals surface area contributed by atoms with Crippen LogP contribution in [-0.4, -0.2) is 63.0 Å². The first kappa shape index (κ1) is 18.1. The van der Waals surface area contributed by atoms with Crippen LogP contribution < -0.4 is 20.9 Å². The fourth-order valence-corrected chi connectivity index (χ4v) is 4.20. The lowest BCUT2D eigenvalue weighted by Crippen LogP contribution is -2.45. The number of fused-ring (bicyclic) bond motifs is 3. The number of carbonyl (C=O) groups excluding carboxylic acids is 2. The van der Waals surface area contributed by atoms with Gasteiger partial charge in [0.15, 0.2) is 0 Å². The SMILES string of the molecule is CC(=O)NCC[C@@H]1OC(=O)N2c3ccc(N4CCO[C@H](CN)C4)cc3C[C@@H]12. The minimum absolute atomic E-state index is 0.00186. The van der Waals surface area contributed by atoms with Crippen molar-refractivity contribution in [3.8, 4) is 0 Å². The topological polar surface area (TPSA) is 97.1 Å². The van der Waals surface area contributed by atoms with E-state index in [1.807, 2.05) is 6.07 Å². The Balaban J connectivity index is 1.48. The Labute approximate surface area is 158 Å². The molecule has 0 aliphatic carbocycles. The highest BCUT2D eigenvalue weighted by atomic mass is 16.6. The third-order valence-electron chi connectivity index (χ3n) is 5.53. The van der Waals surface area contributed by atoms with E-state index in [1.165, 1.54) is 6.92 Å². The van der Waals surface area contributed by atoms with Crippen LogP contribution in [0.2, 0.25) is 0 Å². The molecule has 8 nitrogen and oxygen atoms in total. The van der Waals surface area contributed by atoms with Crippen molar-refractivity contribution in [3.05, 3.63) is 23.8 Å². The number of nitrogens with two attached hydrogens (primary N) is 1. The number of hydrogen-bond acceptors (Lipinski definition) is 6. The Morgan fingerprint density at radius 2 is 2.26 bits per heavy atom. The number of rotatable bonds is 5. The summed E-state index contributed by atoms with van der Waals surface area (Å²) in [7, 11) is 0. The van der Waals surface area contributed by atoms with Gasteiger partial charge in [-0.25, -0.2) is 4.79 Å². The Morgan fingerprint density at radius 1 is 1.41 bits per heavy atom. The number of nitrogens with zero attached hydrogens (tertiary/aromatic N) is 2. The molecule has 0 saturated carbocycles. The van der Waals surface area contributed by atoms with Gasteiger partial charge in [-0.05, 0) is 30.2 Å². The number of carbonyl (C=O) groups is 2. The molecule has 1 aromatic carbocycles. The van der Waals surface area contributed by atoms with Crippen LogP contribution in [0.1, 0.15) is 18.9 Å². The molecule has 146 valence electrons. The Morgan fingerprint density at radius 3 is 3.04 bits per heavy atom. The zero-order chi connectivity index (χ0) is 19.0. The summed E-state index contributed by atoms with van der Waals surface area (Å²) in [4.78, 5) is 27.5. The van der Waals surface area contributed by atoms with Crippen molar-refractivity contribution in [1.29, 1.82) is 0 Å². The van der Waals surface area contributed by atoms with Crippen LogP contribution >= 0.6 is 0 Å². The van der Waals surface area contributed by atoms with Crippen LogP contribution in [0.15, 0.2) is 18.2 Å². The first-order valence-corrected chi connectivity index (χ1v) is 9.50. The summed E-state index contributed by atoms with van der Waals surface area (Å²) in [6.45, 7) is 4.80. The van der Waals surface area contributed by atoms with Gasteiger partial charge in [0.1, 0.15) is 6.10 Å². The molecule has 0 radical (unpaired) electrons. The van der Waals surface area contributed by atoms with Gasteiger partial charge in [0, 0.05) is 45.2 Å². The minimum atomic E-state index is -0.297. The summed E-state index contributed by atoms with van der Waals surface area (Å²) in [6, 6.07) is 6.23. The van der Waals surface area contributed by atoms with E-state index in [2.05, 4.69) is 22.3 Å². The fourth-order valence-electron chi connectivity index (χ4n) is 4.20. The monoisotopic (exact) mass is 374 g/mol. The highest BCUT2D eigenvalue weighted by Crippen LogP contribution is 2.41. The third kappa shape index (κ3) is 3.46. The number of morpholine rings is 1. The number of ether oxygens (including phenoxy) is 2. The average molecular weight is 374 g/mol. The molecule has 1 aromatic rings. The second kappa shape index (κ2) is 7.36. The van der Waals surface area contributed by atoms with Gasteiger partial charge in [0.05, 0.1) is 24.4 Å². The number of cyclic esters (lactones) is 1. The van der Waals surface area contributed by atoms with Crippen LogP contribution in [0, 0.1) is 0 Å². The molecule has 0 unspecified atom stereocenters. The summed E-state index contributed by atoms with van der Waals surface area (Å²) in [5.74, 6) is -0.0724. The Bertz CT molecular complexity index is 740. The number of anilines is 2. The molecule has 3 aliphatic rings. The summed E-state index contributed by atoms with van der Waals surface area (Å²) in [5.41, 5.74) is 8.98. The van der Waals surface area contributed by atoms with E-state index in [-0.39, 0.29) is 30.3 Å². The second-order valence-electron chi connectivity index (χ2n) is 7.32. The molecule has 4 rings (SSSR count). The predicted octanol–water partition coefficient (Wildman–Crippen LogP) is 0.627. The van der Waals surface area contributed by atoms with Gasteiger partial charge in [0.25, 0.3) is 0 Å². The quantitative estimate of drug-likeness (QED) is 0.785. The summed E-state index contributed by atoms with van der Waals surface area (Å²) in [5, 5.41) is 2.77. The van der Waals surface area contributed by atoms with Crippen molar-refractivity contribution in [1.82, 2.24) is 5.32 Å². The fraction of sp³-hybridized carbons (Fsp3) is 0.579. The maximum Gasteiger partial charge on any atom is 0.415 e. The second-order valence-corrected chi connectivity index (χ2v) is 7.32. The van der Waals surface area contributed by atoms with Crippen molar-refractivity contribution < 1.29 is 19.1 Å². The van der Waals surface area contributed by atoms with Crippen LogP contribution in [-0.2, 0) is 20.7 Å². The molecule has 0 bridgehead atoms. The van der Waals surface area contributed by atoms with Crippen molar-refractivity contribution in [3.63, 3.8) is 0 Å². The van der Waals surface area contributed by atoms with Crippen LogP contribution in [0.3, 0.4) is 0 Å². The Kier molecular flexibility index (Phi) is 4.92. The van der Waals surface area contributed by atoms with Gasteiger partial charge < -0.3 is 25.4 Å². The number of hydrogen-bond donors (Lipinski definition) is 2. The molecule has 2 fully saturated rings. The minimum Gasteiger partial charge on any atom is -0.444 e. The van der Waals surface area contributed by atoms with E-state index < -0.39 is 0 Å². The van der Waals surface area contributed by atoms with E-state index in [9.17, 15) is 9.59 Å². The lowest BCUT2D eigenvalue weighted by atomic mass is 10.0. The van der Waals surface area contributed by atoms with Crippen LogP contribution in [0.4, 0.5) is 16.2 Å². The molecule has 8 heteroatoms. The first-order chi connectivity index (χ1) is 13.1. The van der Waals surface area contributed by atoms with E-state index >= 15 is 0 Å². The van der Waals surface area contributed by atoms with E-state index in [0.717, 1.165) is 36.4 Å². The van der Waals surface area contributed by atoms with Crippen molar-refractivity contribution in [2.75, 3.05) is 42.6 Å². The molecule has 3 aliphatic heterocycles. The largest absolute Gasteiger partial charge is 0.444 e. The van der Waals surface area contributed by atoms with E-state index in [0.29, 0.717) is 26.1 Å². The van der Waals surface area contributed by atoms with Crippen molar-refractivity contribution in [2.45, 2.75) is 38.0 Å². The highest BCUT2D eigenvalue weighted by molar-refractivity contribution is 5.94. The van der Waals surface area contributed by atoms with Gasteiger partial charge in [-0.15, -0.1) is 0 Å². The standard InChI is InChI=1S/C19H26N4O4/c1-12(24)21-5-4-18-17-9-13-8-14(22-6-7-26-15(10-20)11-22)2-3-16(13)23(17)19(25)27-18/h2-3,8,15,17-18H,4-7,9-11,20H2,1H3,(H,21,24)/t15-,17+,18+/m1/s1. The van der Waals surface area contributed by atoms with Gasteiger partial charge in [-0.1, -0.05) is 0 Å². The molecular weight excluding hydrogens is 348 g/mol. The molecule has 2 saturated heterocycles. The maximum absolute atomic E-state index is 12.4. The molecule has 3 heterocycles. The summed E-state index contributed by atoms with van der Waals surface area (Å²) < 4.78 is 11.2. The van der Waals surface area contributed by atoms with Gasteiger partial charge in [-0.3, -0.25) is 9.69 Å². The van der Waals surface area contributed by atoms with Crippen molar-refractivity contribution >= 4 is 23.4 Å². The Hall–Kier alpha value is -2.32. The van der Waals surface area contributed by atoms with Gasteiger partial charge in [-0.2, -0.15) is 0 Å². The number of benzene rings is 1. The summed E-state index contributed by atoms with van der Waals surface area (Å²) in [6.07, 6.45) is 0.946. The lowest BCUT2D eigenvalue weighted by Gasteiger charge is -2.34. The van der Waals surface area contributed by atoms with E-state index in [4.69, 9.17) is 15.2 Å². The van der Waals surface area contributed by atoms with Gasteiger partial charge >= 0.3 is 6.09 Å². The van der Waals surface area contributed by atoms with Crippen molar-refractivity contribution in [2.24, 2.45) is 5.73 Å². The average Bonchev–Trinajstić information content (AvgIpc) is 3.19. The number of amides is 2.